The first-order valence-electron chi connectivity index (χ1n) is 6.18. The smallest absolute Gasteiger partial charge is 0.250 e. The fourth-order valence-electron chi connectivity index (χ4n) is 2.30. The Balaban J connectivity index is 2.07. The van der Waals surface area contributed by atoms with E-state index in [9.17, 15) is 9.18 Å². The van der Waals surface area contributed by atoms with E-state index in [2.05, 4.69) is 6.07 Å². The van der Waals surface area contributed by atoms with Crippen molar-refractivity contribution >= 4 is 16.8 Å². The second-order valence-electron chi connectivity index (χ2n) is 4.60. The van der Waals surface area contributed by atoms with E-state index >= 15 is 0 Å². The summed E-state index contributed by atoms with van der Waals surface area (Å²) in [7, 11) is 0. The Morgan fingerprint density at radius 2 is 2.00 bits per heavy atom. The lowest BCUT2D eigenvalue weighted by Gasteiger charge is -2.05. The summed E-state index contributed by atoms with van der Waals surface area (Å²) in [5.41, 5.74) is 7.72. The van der Waals surface area contributed by atoms with E-state index in [1.54, 1.807) is 30.5 Å². The number of nitrogens with two attached hydrogens (primary N) is 1. The van der Waals surface area contributed by atoms with Crippen molar-refractivity contribution in [2.24, 2.45) is 5.73 Å². The van der Waals surface area contributed by atoms with E-state index in [0.29, 0.717) is 12.1 Å². The lowest BCUT2D eigenvalue weighted by Crippen LogP contribution is -2.10. The molecule has 0 aliphatic heterocycles. The van der Waals surface area contributed by atoms with Gasteiger partial charge in [-0.05, 0) is 35.9 Å². The number of fused-ring (bicyclic) bond motifs is 1. The van der Waals surface area contributed by atoms with E-state index < -0.39 is 5.91 Å². The molecule has 1 radical (unpaired) electrons. The van der Waals surface area contributed by atoms with Crippen molar-refractivity contribution in [3.8, 4) is 0 Å². The maximum absolute atomic E-state index is 12.9. The van der Waals surface area contributed by atoms with E-state index in [4.69, 9.17) is 5.73 Å². The molecule has 0 aliphatic carbocycles. The zero-order valence-electron chi connectivity index (χ0n) is 10.6. The first kappa shape index (κ1) is 12.4. The van der Waals surface area contributed by atoms with Crippen molar-refractivity contribution < 1.29 is 9.18 Å². The molecule has 0 bridgehead atoms. The van der Waals surface area contributed by atoms with Crippen LogP contribution in [-0.2, 0) is 6.54 Å². The molecular weight excluding hydrogens is 255 g/mol. The number of rotatable bonds is 3. The first-order valence-corrected chi connectivity index (χ1v) is 6.18. The van der Waals surface area contributed by atoms with Crippen LogP contribution in [0.25, 0.3) is 10.9 Å². The lowest BCUT2D eigenvalue weighted by molar-refractivity contribution is 0.100. The summed E-state index contributed by atoms with van der Waals surface area (Å²) < 4.78 is 14.8. The van der Waals surface area contributed by atoms with Gasteiger partial charge in [0.05, 0.1) is 5.56 Å². The molecule has 0 saturated heterocycles. The zero-order chi connectivity index (χ0) is 14.1. The van der Waals surface area contributed by atoms with Crippen LogP contribution in [0.3, 0.4) is 0 Å². The second-order valence-corrected chi connectivity index (χ2v) is 4.60. The third-order valence-electron chi connectivity index (χ3n) is 3.26. The number of benzene rings is 2. The molecule has 0 aliphatic rings. The number of amides is 1. The molecule has 2 N–H and O–H groups in total. The predicted molar refractivity (Wildman–Crippen MR) is 74.8 cm³/mol. The Bertz CT molecular complexity index is 775. The fraction of sp³-hybridized carbons (Fsp3) is 0.0625. The van der Waals surface area contributed by atoms with Crippen molar-refractivity contribution in [1.29, 1.82) is 0 Å². The van der Waals surface area contributed by atoms with Crippen LogP contribution in [-0.4, -0.2) is 10.5 Å². The third-order valence-corrected chi connectivity index (χ3v) is 3.26. The van der Waals surface area contributed by atoms with Crippen LogP contribution in [0.4, 0.5) is 4.39 Å². The highest BCUT2D eigenvalue weighted by Gasteiger charge is 2.12. The van der Waals surface area contributed by atoms with Gasteiger partial charge in [-0.25, -0.2) is 4.39 Å². The molecule has 4 heteroatoms. The minimum atomic E-state index is -0.465. The summed E-state index contributed by atoms with van der Waals surface area (Å²) in [4.78, 5) is 11.5. The maximum atomic E-state index is 12.9. The fourth-order valence-corrected chi connectivity index (χ4v) is 2.30. The number of carbonyl (C=O) groups is 1. The molecule has 2 aromatic carbocycles. The molecule has 99 valence electrons. The van der Waals surface area contributed by atoms with E-state index in [-0.39, 0.29) is 5.82 Å². The molecule has 0 saturated carbocycles. The van der Waals surface area contributed by atoms with Crippen molar-refractivity contribution in [2.75, 3.05) is 0 Å². The SMILES string of the molecule is NC(=O)c1cn(Cc2ccc(F)cc2)c2cc[c]cc12. The third kappa shape index (κ3) is 2.16. The van der Waals surface area contributed by atoms with Gasteiger partial charge < -0.3 is 10.3 Å². The minimum absolute atomic E-state index is 0.265. The highest BCUT2D eigenvalue weighted by Crippen LogP contribution is 2.21. The lowest BCUT2D eigenvalue weighted by atomic mass is 10.2. The quantitative estimate of drug-likeness (QED) is 0.779. The van der Waals surface area contributed by atoms with Crippen molar-refractivity contribution in [3.05, 3.63) is 71.7 Å². The van der Waals surface area contributed by atoms with Crippen molar-refractivity contribution in [2.45, 2.75) is 6.54 Å². The average molecular weight is 267 g/mol. The van der Waals surface area contributed by atoms with E-state index in [1.807, 2.05) is 10.6 Å². The summed E-state index contributed by atoms with van der Waals surface area (Å²) >= 11 is 0. The van der Waals surface area contributed by atoms with Crippen LogP contribution in [0.1, 0.15) is 15.9 Å². The Morgan fingerprint density at radius 3 is 2.70 bits per heavy atom. The molecule has 0 fully saturated rings. The Kier molecular flexibility index (Phi) is 2.99. The van der Waals surface area contributed by atoms with Gasteiger partial charge in [0.15, 0.2) is 0 Å². The zero-order valence-corrected chi connectivity index (χ0v) is 10.6. The predicted octanol–water partition coefficient (Wildman–Crippen LogP) is 2.73. The minimum Gasteiger partial charge on any atom is -0.366 e. The molecule has 0 atom stereocenters. The van der Waals surface area contributed by atoms with Gasteiger partial charge in [-0.15, -0.1) is 0 Å². The van der Waals surface area contributed by atoms with E-state index in [1.165, 1.54) is 12.1 Å². The molecule has 0 unspecified atom stereocenters. The Morgan fingerprint density at radius 1 is 1.25 bits per heavy atom. The maximum Gasteiger partial charge on any atom is 0.250 e. The first-order chi connectivity index (χ1) is 9.65. The van der Waals surface area contributed by atoms with Crippen molar-refractivity contribution in [1.82, 2.24) is 4.57 Å². The number of aromatic nitrogens is 1. The van der Waals surface area contributed by atoms with Crippen LogP contribution in [0.2, 0.25) is 0 Å². The number of halogens is 1. The van der Waals surface area contributed by atoms with Gasteiger partial charge in [0.1, 0.15) is 5.82 Å². The van der Waals surface area contributed by atoms with Crippen LogP contribution in [0.5, 0.6) is 0 Å². The van der Waals surface area contributed by atoms with Crippen LogP contribution in [0.15, 0.2) is 48.7 Å². The molecule has 1 amide bonds. The number of hydrogen-bond acceptors (Lipinski definition) is 1. The topological polar surface area (TPSA) is 48.0 Å². The summed E-state index contributed by atoms with van der Waals surface area (Å²) in [6, 6.07) is 14.6. The monoisotopic (exact) mass is 267 g/mol. The van der Waals surface area contributed by atoms with Crippen LogP contribution in [0, 0.1) is 11.9 Å². The molecule has 1 heterocycles. The Labute approximate surface area is 115 Å². The number of hydrogen-bond donors (Lipinski definition) is 1. The Hall–Kier alpha value is -2.62. The van der Waals surface area contributed by atoms with Gasteiger partial charge in [-0.1, -0.05) is 18.2 Å². The molecule has 20 heavy (non-hydrogen) atoms. The molecule has 3 aromatic rings. The molecule has 1 aromatic heterocycles. The summed E-state index contributed by atoms with van der Waals surface area (Å²) in [6.07, 6.45) is 1.73. The number of carbonyl (C=O) groups excluding carboxylic acids is 1. The molecule has 3 nitrogen and oxygen atoms in total. The molecule has 3 rings (SSSR count). The molecule has 0 spiro atoms. The average Bonchev–Trinajstić information content (AvgIpc) is 2.81. The highest BCUT2D eigenvalue weighted by molar-refractivity contribution is 6.06. The van der Waals surface area contributed by atoms with Crippen LogP contribution >= 0.6 is 0 Å². The van der Waals surface area contributed by atoms with Gasteiger partial charge in [0, 0.05) is 23.6 Å². The highest BCUT2D eigenvalue weighted by atomic mass is 19.1. The van der Waals surface area contributed by atoms with Gasteiger partial charge in [-0.2, -0.15) is 0 Å². The van der Waals surface area contributed by atoms with Crippen molar-refractivity contribution in [3.63, 3.8) is 0 Å². The van der Waals surface area contributed by atoms with Gasteiger partial charge >= 0.3 is 0 Å². The van der Waals surface area contributed by atoms with Gasteiger partial charge in [-0.3, -0.25) is 4.79 Å². The number of primary amides is 1. The largest absolute Gasteiger partial charge is 0.366 e. The summed E-state index contributed by atoms with van der Waals surface area (Å²) in [5, 5.41) is 0.780. The number of nitrogens with zero attached hydrogens (tertiary/aromatic N) is 1. The van der Waals surface area contributed by atoms with Crippen LogP contribution < -0.4 is 5.73 Å². The van der Waals surface area contributed by atoms with Gasteiger partial charge in [0.25, 0.3) is 5.91 Å². The standard InChI is InChI=1S/C16H12FN2O/c17-12-7-5-11(6-8-12)9-19-10-14(16(18)20)13-3-1-2-4-15(13)19/h2-8,10H,9H2,(H2,18,20). The summed E-state index contributed by atoms with van der Waals surface area (Å²) in [5.74, 6) is -0.731. The normalized spacial score (nSPS) is 10.8. The summed E-state index contributed by atoms with van der Waals surface area (Å²) in [6.45, 7) is 0.550. The van der Waals surface area contributed by atoms with E-state index in [0.717, 1.165) is 16.5 Å². The molecular formula is C16H12FN2O. The van der Waals surface area contributed by atoms with Gasteiger partial charge in [0.2, 0.25) is 0 Å². The second kappa shape index (κ2) is 4.81.